The lowest BCUT2D eigenvalue weighted by molar-refractivity contribution is -0.113. The molecule has 114 valence electrons. The van der Waals surface area contributed by atoms with E-state index in [9.17, 15) is 4.79 Å². The molecule has 0 spiro atoms. The maximum absolute atomic E-state index is 11.9. The van der Waals surface area contributed by atoms with Gasteiger partial charge in [-0.05, 0) is 25.0 Å². The number of nitrogens with zero attached hydrogens (tertiary/aromatic N) is 3. The van der Waals surface area contributed by atoms with Crippen LogP contribution in [-0.4, -0.2) is 34.7 Å². The van der Waals surface area contributed by atoms with E-state index in [1.165, 1.54) is 24.6 Å². The minimum Gasteiger partial charge on any atom is -0.356 e. The highest BCUT2D eigenvalue weighted by atomic mass is 32.2. The van der Waals surface area contributed by atoms with Crippen molar-refractivity contribution in [2.75, 3.05) is 29.1 Å². The summed E-state index contributed by atoms with van der Waals surface area (Å²) in [5, 5.41) is 3.70. The van der Waals surface area contributed by atoms with Gasteiger partial charge in [-0.15, -0.1) is 0 Å². The van der Waals surface area contributed by atoms with E-state index in [1.54, 1.807) is 6.33 Å². The molecule has 3 rings (SSSR count). The van der Waals surface area contributed by atoms with Crippen LogP contribution >= 0.6 is 11.8 Å². The molecular formula is C16H18N4OS. The van der Waals surface area contributed by atoms with Crippen molar-refractivity contribution < 1.29 is 4.79 Å². The SMILES string of the molecule is O=C(CSc1cc(N2CCCC2)ncn1)Nc1ccccc1. The second kappa shape index (κ2) is 7.26. The van der Waals surface area contributed by atoms with Gasteiger partial charge in [0, 0.05) is 24.8 Å². The molecule has 0 radical (unpaired) electrons. The minimum absolute atomic E-state index is 0.0301. The number of carbonyl (C=O) groups is 1. The number of para-hydroxylation sites is 1. The Bertz CT molecular complexity index is 629. The normalized spacial score (nSPS) is 14.1. The van der Waals surface area contributed by atoms with Crippen LogP contribution in [0.2, 0.25) is 0 Å². The standard InChI is InChI=1S/C16H18N4OS/c21-15(19-13-6-2-1-3-7-13)11-22-16-10-14(17-12-18-16)20-8-4-5-9-20/h1-3,6-7,10,12H,4-5,8-9,11H2,(H,19,21). The van der Waals surface area contributed by atoms with Gasteiger partial charge in [0.2, 0.25) is 5.91 Å². The number of aromatic nitrogens is 2. The van der Waals surface area contributed by atoms with E-state index in [0.717, 1.165) is 29.6 Å². The molecule has 1 N–H and O–H groups in total. The predicted molar refractivity (Wildman–Crippen MR) is 89.3 cm³/mol. The molecule has 6 heteroatoms. The number of carbonyl (C=O) groups excluding carboxylic acids is 1. The van der Waals surface area contributed by atoms with E-state index < -0.39 is 0 Å². The molecule has 1 aromatic heterocycles. The van der Waals surface area contributed by atoms with E-state index >= 15 is 0 Å². The van der Waals surface area contributed by atoms with Crippen LogP contribution in [-0.2, 0) is 4.79 Å². The third-order valence-corrected chi connectivity index (χ3v) is 4.39. The number of amides is 1. The van der Waals surface area contributed by atoms with Gasteiger partial charge >= 0.3 is 0 Å². The Labute approximate surface area is 134 Å². The van der Waals surface area contributed by atoms with Crippen molar-refractivity contribution in [1.82, 2.24) is 9.97 Å². The predicted octanol–water partition coefficient (Wildman–Crippen LogP) is 2.81. The third kappa shape index (κ3) is 3.98. The molecule has 1 aromatic carbocycles. The number of hydrogen-bond acceptors (Lipinski definition) is 5. The summed E-state index contributed by atoms with van der Waals surface area (Å²) in [5.74, 6) is 1.27. The van der Waals surface area contributed by atoms with Gasteiger partial charge in [0.25, 0.3) is 0 Å². The first kappa shape index (κ1) is 14.8. The zero-order valence-corrected chi connectivity index (χ0v) is 13.1. The zero-order valence-electron chi connectivity index (χ0n) is 12.2. The highest BCUT2D eigenvalue weighted by Crippen LogP contribution is 2.22. The van der Waals surface area contributed by atoms with Crippen molar-refractivity contribution in [3.63, 3.8) is 0 Å². The molecule has 1 aliphatic rings. The summed E-state index contributed by atoms with van der Waals surface area (Å²) >= 11 is 1.43. The molecule has 2 aromatic rings. The van der Waals surface area contributed by atoms with Gasteiger partial charge in [-0.1, -0.05) is 30.0 Å². The Morgan fingerprint density at radius 2 is 1.95 bits per heavy atom. The van der Waals surface area contributed by atoms with E-state index in [1.807, 2.05) is 36.4 Å². The number of benzene rings is 1. The van der Waals surface area contributed by atoms with Gasteiger partial charge in [0.1, 0.15) is 17.2 Å². The highest BCUT2D eigenvalue weighted by Gasteiger charge is 2.14. The van der Waals surface area contributed by atoms with Crippen LogP contribution in [0.3, 0.4) is 0 Å². The number of rotatable bonds is 5. The van der Waals surface area contributed by atoms with Crippen molar-refractivity contribution in [2.24, 2.45) is 0 Å². The summed E-state index contributed by atoms with van der Waals surface area (Å²) in [5.41, 5.74) is 0.813. The van der Waals surface area contributed by atoms with Crippen LogP contribution in [0.1, 0.15) is 12.8 Å². The molecule has 1 amide bonds. The Morgan fingerprint density at radius 1 is 1.18 bits per heavy atom. The first-order chi connectivity index (χ1) is 10.8. The summed E-state index contributed by atoms with van der Waals surface area (Å²) in [6.45, 7) is 2.10. The van der Waals surface area contributed by atoms with Gasteiger partial charge < -0.3 is 10.2 Å². The molecule has 1 fully saturated rings. The van der Waals surface area contributed by atoms with Gasteiger partial charge in [0.05, 0.1) is 5.75 Å². The summed E-state index contributed by atoms with van der Waals surface area (Å²) in [6.07, 6.45) is 4.00. The first-order valence-electron chi connectivity index (χ1n) is 7.36. The van der Waals surface area contributed by atoms with Crippen molar-refractivity contribution >= 4 is 29.2 Å². The van der Waals surface area contributed by atoms with Gasteiger partial charge in [-0.2, -0.15) is 0 Å². The van der Waals surface area contributed by atoms with Crippen molar-refractivity contribution in [3.8, 4) is 0 Å². The van der Waals surface area contributed by atoms with Crippen LogP contribution in [0.5, 0.6) is 0 Å². The Hall–Kier alpha value is -2.08. The minimum atomic E-state index is -0.0301. The number of nitrogens with one attached hydrogen (secondary N) is 1. The summed E-state index contributed by atoms with van der Waals surface area (Å²) in [7, 11) is 0. The van der Waals surface area contributed by atoms with E-state index in [4.69, 9.17) is 0 Å². The van der Waals surface area contributed by atoms with Crippen molar-refractivity contribution in [3.05, 3.63) is 42.7 Å². The van der Waals surface area contributed by atoms with E-state index in [0.29, 0.717) is 5.75 Å². The molecule has 5 nitrogen and oxygen atoms in total. The molecule has 0 aliphatic carbocycles. The fourth-order valence-corrected chi connectivity index (χ4v) is 3.05. The van der Waals surface area contributed by atoms with Crippen molar-refractivity contribution in [1.29, 1.82) is 0 Å². The second-order valence-electron chi connectivity index (χ2n) is 5.11. The number of thioether (sulfide) groups is 1. The fourth-order valence-electron chi connectivity index (χ4n) is 2.39. The average molecular weight is 314 g/mol. The second-order valence-corrected chi connectivity index (χ2v) is 6.11. The van der Waals surface area contributed by atoms with Crippen LogP contribution in [0.15, 0.2) is 47.8 Å². The Morgan fingerprint density at radius 3 is 2.73 bits per heavy atom. The Kier molecular flexibility index (Phi) is 4.90. The third-order valence-electron chi connectivity index (χ3n) is 3.47. The molecular weight excluding hydrogens is 296 g/mol. The molecule has 0 saturated carbocycles. The van der Waals surface area contributed by atoms with Crippen LogP contribution in [0.4, 0.5) is 11.5 Å². The Balaban J connectivity index is 1.54. The molecule has 2 heterocycles. The molecule has 22 heavy (non-hydrogen) atoms. The molecule has 1 aliphatic heterocycles. The molecule has 0 bridgehead atoms. The lowest BCUT2D eigenvalue weighted by Crippen LogP contribution is -2.19. The molecule has 0 unspecified atom stereocenters. The zero-order chi connectivity index (χ0) is 15.2. The monoisotopic (exact) mass is 314 g/mol. The largest absolute Gasteiger partial charge is 0.356 e. The van der Waals surface area contributed by atoms with Gasteiger partial charge in [-0.3, -0.25) is 4.79 Å². The summed E-state index contributed by atoms with van der Waals surface area (Å²) in [4.78, 5) is 22.8. The fraction of sp³-hybridized carbons (Fsp3) is 0.312. The smallest absolute Gasteiger partial charge is 0.234 e. The van der Waals surface area contributed by atoms with E-state index in [-0.39, 0.29) is 5.91 Å². The van der Waals surface area contributed by atoms with Crippen molar-refractivity contribution in [2.45, 2.75) is 17.9 Å². The van der Waals surface area contributed by atoms with Crippen LogP contribution < -0.4 is 10.2 Å². The lowest BCUT2D eigenvalue weighted by Gasteiger charge is -2.16. The van der Waals surface area contributed by atoms with E-state index in [2.05, 4.69) is 20.2 Å². The lowest BCUT2D eigenvalue weighted by atomic mass is 10.3. The highest BCUT2D eigenvalue weighted by molar-refractivity contribution is 7.99. The van der Waals surface area contributed by atoms with Crippen LogP contribution in [0, 0.1) is 0 Å². The first-order valence-corrected chi connectivity index (χ1v) is 8.34. The number of anilines is 2. The summed E-state index contributed by atoms with van der Waals surface area (Å²) in [6, 6.07) is 11.4. The maximum Gasteiger partial charge on any atom is 0.234 e. The maximum atomic E-state index is 11.9. The van der Waals surface area contributed by atoms with Crippen LogP contribution in [0.25, 0.3) is 0 Å². The summed E-state index contributed by atoms with van der Waals surface area (Å²) < 4.78 is 0. The molecule has 1 saturated heterocycles. The number of hydrogen-bond donors (Lipinski definition) is 1. The molecule has 0 atom stereocenters. The van der Waals surface area contributed by atoms with Gasteiger partial charge in [-0.25, -0.2) is 9.97 Å². The van der Waals surface area contributed by atoms with Gasteiger partial charge in [0.15, 0.2) is 0 Å². The average Bonchev–Trinajstić information content (AvgIpc) is 3.09. The quantitative estimate of drug-likeness (QED) is 0.679. The topological polar surface area (TPSA) is 58.1 Å².